The third kappa shape index (κ3) is 43.7. The van der Waals surface area contributed by atoms with Crippen molar-refractivity contribution in [2.75, 3.05) is 6.61 Å². The highest BCUT2D eigenvalue weighted by Gasteiger charge is 2.20. The Morgan fingerprint density at radius 3 is 1.09 bits per heavy atom. The normalized spacial score (nSPS) is 13.1. The van der Waals surface area contributed by atoms with E-state index in [1.165, 1.54) is 205 Å². The number of aliphatic hydroxyl groups excluding tert-OH is 2. The maximum absolute atomic E-state index is 12.5. The first-order valence-electron chi connectivity index (χ1n) is 25.2. The topological polar surface area (TPSA) is 69.6 Å². The van der Waals surface area contributed by atoms with E-state index in [1.54, 1.807) is 0 Å². The van der Waals surface area contributed by atoms with Gasteiger partial charge >= 0.3 is 0 Å². The number of aliphatic hydroxyl groups is 2. The molecule has 0 aromatic heterocycles. The highest BCUT2D eigenvalue weighted by Crippen LogP contribution is 2.17. The van der Waals surface area contributed by atoms with Gasteiger partial charge in [-0.05, 0) is 51.4 Å². The summed E-state index contributed by atoms with van der Waals surface area (Å²) in [6, 6.07) is -0.541. The van der Waals surface area contributed by atoms with Crippen LogP contribution in [0.2, 0.25) is 0 Å². The molecule has 0 aliphatic rings. The van der Waals surface area contributed by atoms with E-state index in [0.29, 0.717) is 12.8 Å². The molecule has 0 rings (SSSR count). The Morgan fingerprint density at radius 1 is 0.429 bits per heavy atom. The SMILES string of the molecule is CCCCCCC/C=C\C/C=C\C/C=C\CCCCCCCCCCC(=O)NC(CO)C(O)CCCCCCCCCCCCCCCCCCCCCCC. The molecule has 0 saturated heterocycles. The number of nitrogens with one attached hydrogen (secondary N) is 1. The summed E-state index contributed by atoms with van der Waals surface area (Å²) in [6.07, 6.45) is 63.8. The molecule has 0 heterocycles. The minimum absolute atomic E-state index is 0.0363. The van der Waals surface area contributed by atoms with Gasteiger partial charge < -0.3 is 15.5 Å². The lowest BCUT2D eigenvalue weighted by Crippen LogP contribution is -2.45. The van der Waals surface area contributed by atoms with Crippen molar-refractivity contribution in [1.82, 2.24) is 5.32 Å². The van der Waals surface area contributed by atoms with E-state index in [1.807, 2.05) is 0 Å². The number of carbonyl (C=O) groups excluding carboxylic acids is 1. The van der Waals surface area contributed by atoms with Gasteiger partial charge in [-0.1, -0.05) is 249 Å². The van der Waals surface area contributed by atoms with Crippen LogP contribution >= 0.6 is 0 Å². The number of rotatable bonds is 46. The van der Waals surface area contributed by atoms with Crippen LogP contribution in [-0.4, -0.2) is 34.9 Å². The van der Waals surface area contributed by atoms with E-state index in [2.05, 4.69) is 55.6 Å². The van der Waals surface area contributed by atoms with Crippen LogP contribution in [0.1, 0.15) is 271 Å². The number of unbranched alkanes of at least 4 members (excludes halogenated alkanes) is 33. The molecule has 0 aromatic carbocycles. The van der Waals surface area contributed by atoms with Gasteiger partial charge in [0, 0.05) is 6.42 Å². The second kappa shape index (κ2) is 48.0. The molecular formula is C52H99NO3. The zero-order chi connectivity index (χ0) is 40.7. The Labute approximate surface area is 351 Å². The van der Waals surface area contributed by atoms with E-state index in [-0.39, 0.29) is 12.5 Å². The molecule has 0 aliphatic carbocycles. The molecule has 0 fully saturated rings. The number of hydrogen-bond acceptors (Lipinski definition) is 3. The monoisotopic (exact) mass is 786 g/mol. The first kappa shape index (κ1) is 54.6. The zero-order valence-electron chi connectivity index (χ0n) is 37.9. The van der Waals surface area contributed by atoms with E-state index in [9.17, 15) is 15.0 Å². The second-order valence-corrected chi connectivity index (χ2v) is 17.2. The van der Waals surface area contributed by atoms with Gasteiger partial charge in [-0.3, -0.25) is 4.79 Å². The fourth-order valence-electron chi connectivity index (χ4n) is 7.78. The Morgan fingerprint density at radius 2 is 0.732 bits per heavy atom. The predicted octanol–water partition coefficient (Wildman–Crippen LogP) is 16.1. The zero-order valence-corrected chi connectivity index (χ0v) is 37.9. The number of carbonyl (C=O) groups is 1. The second-order valence-electron chi connectivity index (χ2n) is 17.2. The van der Waals surface area contributed by atoms with Crippen molar-refractivity contribution in [3.05, 3.63) is 36.5 Å². The third-order valence-corrected chi connectivity index (χ3v) is 11.7. The van der Waals surface area contributed by atoms with E-state index >= 15 is 0 Å². The molecule has 0 spiro atoms. The van der Waals surface area contributed by atoms with Gasteiger partial charge in [0.15, 0.2) is 0 Å². The molecule has 2 atom stereocenters. The van der Waals surface area contributed by atoms with Crippen molar-refractivity contribution < 1.29 is 15.0 Å². The Balaban J connectivity index is 3.51. The fraction of sp³-hybridized carbons (Fsp3) is 0.865. The van der Waals surface area contributed by atoms with Crippen LogP contribution in [0.5, 0.6) is 0 Å². The van der Waals surface area contributed by atoms with Gasteiger partial charge in [0.1, 0.15) is 0 Å². The number of allylic oxidation sites excluding steroid dienone is 6. The molecule has 56 heavy (non-hydrogen) atoms. The van der Waals surface area contributed by atoms with Gasteiger partial charge in [0.05, 0.1) is 18.8 Å². The highest BCUT2D eigenvalue weighted by atomic mass is 16.3. The van der Waals surface area contributed by atoms with E-state index in [4.69, 9.17) is 0 Å². The van der Waals surface area contributed by atoms with Crippen LogP contribution in [0.4, 0.5) is 0 Å². The molecule has 3 N–H and O–H groups in total. The van der Waals surface area contributed by atoms with Crippen LogP contribution in [0, 0.1) is 0 Å². The maximum atomic E-state index is 12.5. The predicted molar refractivity (Wildman–Crippen MR) is 248 cm³/mol. The fourth-order valence-corrected chi connectivity index (χ4v) is 7.78. The molecule has 0 aliphatic heterocycles. The van der Waals surface area contributed by atoms with Crippen molar-refractivity contribution in [2.24, 2.45) is 0 Å². The average molecular weight is 786 g/mol. The van der Waals surface area contributed by atoms with Crippen molar-refractivity contribution in [1.29, 1.82) is 0 Å². The van der Waals surface area contributed by atoms with Gasteiger partial charge in [-0.25, -0.2) is 0 Å². The van der Waals surface area contributed by atoms with E-state index < -0.39 is 12.1 Å². The summed E-state index contributed by atoms with van der Waals surface area (Å²) in [7, 11) is 0. The quantitative estimate of drug-likeness (QED) is 0.0425. The van der Waals surface area contributed by atoms with Crippen LogP contribution in [0.15, 0.2) is 36.5 Å². The average Bonchev–Trinajstić information content (AvgIpc) is 3.20. The smallest absolute Gasteiger partial charge is 0.220 e. The molecular weight excluding hydrogens is 687 g/mol. The summed E-state index contributed by atoms with van der Waals surface area (Å²) in [5.41, 5.74) is 0. The molecule has 4 heteroatoms. The molecule has 330 valence electrons. The maximum Gasteiger partial charge on any atom is 0.220 e. The first-order chi connectivity index (χ1) is 27.7. The van der Waals surface area contributed by atoms with Gasteiger partial charge in [0.2, 0.25) is 5.91 Å². The van der Waals surface area contributed by atoms with Gasteiger partial charge in [-0.15, -0.1) is 0 Å². The number of hydrogen-bond donors (Lipinski definition) is 3. The lowest BCUT2D eigenvalue weighted by Gasteiger charge is -2.22. The van der Waals surface area contributed by atoms with Gasteiger partial charge in [-0.2, -0.15) is 0 Å². The first-order valence-corrected chi connectivity index (χ1v) is 25.2. The summed E-state index contributed by atoms with van der Waals surface area (Å²) in [4.78, 5) is 12.5. The van der Waals surface area contributed by atoms with Crippen LogP contribution < -0.4 is 5.32 Å². The Hall–Kier alpha value is -1.39. The lowest BCUT2D eigenvalue weighted by molar-refractivity contribution is -0.123. The van der Waals surface area contributed by atoms with E-state index in [0.717, 1.165) is 38.5 Å². The van der Waals surface area contributed by atoms with Crippen molar-refractivity contribution >= 4 is 5.91 Å². The minimum Gasteiger partial charge on any atom is -0.394 e. The van der Waals surface area contributed by atoms with Crippen molar-refractivity contribution in [3.8, 4) is 0 Å². The molecule has 0 bridgehead atoms. The summed E-state index contributed by atoms with van der Waals surface area (Å²) in [5, 5.41) is 23.3. The summed E-state index contributed by atoms with van der Waals surface area (Å²) in [5.74, 6) is -0.0363. The highest BCUT2D eigenvalue weighted by molar-refractivity contribution is 5.76. The Kier molecular flexibility index (Phi) is 46.8. The standard InChI is InChI=1S/C52H99NO3/c1-3-5-7-9-11-13-15-17-19-21-23-25-26-28-30-32-34-36-38-40-42-44-46-48-52(56)53-50(49-54)51(55)47-45-43-41-39-37-35-33-31-29-27-24-22-20-18-16-14-12-10-8-6-4-2/h15,17,21,23,26,28,50-51,54-55H,3-14,16,18-20,22,24-25,27,29-49H2,1-2H3,(H,53,56)/b17-15-,23-21-,28-26-. The molecule has 0 aromatic rings. The third-order valence-electron chi connectivity index (χ3n) is 11.7. The minimum atomic E-state index is -0.663. The van der Waals surface area contributed by atoms with Crippen LogP contribution in [0.3, 0.4) is 0 Å². The molecule has 1 amide bonds. The summed E-state index contributed by atoms with van der Waals surface area (Å²) < 4.78 is 0. The lowest BCUT2D eigenvalue weighted by atomic mass is 10.0. The molecule has 4 nitrogen and oxygen atoms in total. The van der Waals surface area contributed by atoms with Crippen molar-refractivity contribution in [3.63, 3.8) is 0 Å². The summed E-state index contributed by atoms with van der Waals surface area (Å²) >= 11 is 0. The molecule has 2 unspecified atom stereocenters. The number of amides is 1. The largest absolute Gasteiger partial charge is 0.394 e. The van der Waals surface area contributed by atoms with Crippen LogP contribution in [0.25, 0.3) is 0 Å². The van der Waals surface area contributed by atoms with Gasteiger partial charge in [0.25, 0.3) is 0 Å². The molecule has 0 saturated carbocycles. The Bertz CT molecular complexity index is 851. The summed E-state index contributed by atoms with van der Waals surface area (Å²) in [6.45, 7) is 4.36. The van der Waals surface area contributed by atoms with Crippen LogP contribution in [-0.2, 0) is 4.79 Å². The van der Waals surface area contributed by atoms with Crippen molar-refractivity contribution in [2.45, 2.75) is 283 Å². The molecule has 0 radical (unpaired) electrons.